The number of hydrogen-bond acceptors (Lipinski definition) is 2. The lowest BCUT2D eigenvalue weighted by molar-refractivity contribution is 0.142. The summed E-state index contributed by atoms with van der Waals surface area (Å²) in [6.45, 7) is 15.5. The van der Waals surface area contributed by atoms with Gasteiger partial charge in [0, 0.05) is 6.54 Å². The van der Waals surface area contributed by atoms with Gasteiger partial charge in [-0.25, -0.2) is 0 Å². The van der Waals surface area contributed by atoms with Crippen molar-refractivity contribution >= 4 is 0 Å². The van der Waals surface area contributed by atoms with E-state index < -0.39 is 0 Å². The maximum absolute atomic E-state index is 3.44. The highest BCUT2D eigenvalue weighted by Gasteiger charge is 2.22. The van der Waals surface area contributed by atoms with Crippen LogP contribution in [0, 0.1) is 17.8 Å². The summed E-state index contributed by atoms with van der Waals surface area (Å²) in [7, 11) is 0. The van der Waals surface area contributed by atoms with Crippen LogP contribution < -0.4 is 5.32 Å². The Hall–Kier alpha value is -0.0800. The second-order valence-electron chi connectivity index (χ2n) is 5.79. The minimum absolute atomic E-state index is 0.788. The molecule has 0 saturated carbocycles. The number of piperidine rings is 1. The Kier molecular flexibility index (Phi) is 6.37. The van der Waals surface area contributed by atoms with Gasteiger partial charge in [-0.3, -0.25) is 0 Å². The van der Waals surface area contributed by atoms with Crippen LogP contribution in [0.25, 0.3) is 0 Å². The van der Waals surface area contributed by atoms with E-state index in [1.54, 1.807) is 0 Å². The van der Waals surface area contributed by atoms with Crippen LogP contribution in [-0.4, -0.2) is 37.6 Å². The van der Waals surface area contributed by atoms with Crippen molar-refractivity contribution in [1.29, 1.82) is 0 Å². The third-order valence-electron chi connectivity index (χ3n) is 3.89. The average molecular weight is 226 g/mol. The Morgan fingerprint density at radius 2 is 1.81 bits per heavy atom. The third-order valence-corrected chi connectivity index (χ3v) is 3.89. The zero-order valence-corrected chi connectivity index (χ0v) is 11.6. The first-order valence-corrected chi connectivity index (χ1v) is 7.06. The van der Waals surface area contributed by atoms with Gasteiger partial charge in [-0.2, -0.15) is 0 Å². The molecular formula is C14H30N2. The van der Waals surface area contributed by atoms with Crippen molar-refractivity contribution in [3.8, 4) is 0 Å². The van der Waals surface area contributed by atoms with Crippen molar-refractivity contribution < 1.29 is 0 Å². The van der Waals surface area contributed by atoms with Gasteiger partial charge in [0.25, 0.3) is 0 Å². The molecule has 0 bridgehead atoms. The largest absolute Gasteiger partial charge is 0.317 e. The van der Waals surface area contributed by atoms with Crippen LogP contribution >= 0.6 is 0 Å². The van der Waals surface area contributed by atoms with Crippen LogP contribution in [0.1, 0.15) is 40.5 Å². The van der Waals surface area contributed by atoms with Gasteiger partial charge in [-0.15, -0.1) is 0 Å². The van der Waals surface area contributed by atoms with Crippen LogP contribution in [0.5, 0.6) is 0 Å². The molecule has 1 fully saturated rings. The van der Waals surface area contributed by atoms with E-state index in [-0.39, 0.29) is 0 Å². The zero-order valence-electron chi connectivity index (χ0n) is 11.6. The summed E-state index contributed by atoms with van der Waals surface area (Å²) in [6, 6.07) is 0. The fraction of sp³-hybridized carbons (Fsp3) is 1.00. The molecule has 1 saturated heterocycles. The summed E-state index contributed by atoms with van der Waals surface area (Å²) in [5, 5.41) is 3.44. The third kappa shape index (κ3) is 4.84. The van der Waals surface area contributed by atoms with Gasteiger partial charge in [0.15, 0.2) is 0 Å². The van der Waals surface area contributed by atoms with Crippen LogP contribution in [0.15, 0.2) is 0 Å². The van der Waals surface area contributed by atoms with E-state index in [0.717, 1.165) is 24.3 Å². The molecule has 1 atom stereocenters. The lowest BCUT2D eigenvalue weighted by Crippen LogP contribution is -2.39. The highest BCUT2D eigenvalue weighted by Crippen LogP contribution is 2.24. The predicted octanol–water partition coefficient (Wildman–Crippen LogP) is 2.60. The smallest absolute Gasteiger partial charge is 0.00191 e. The topological polar surface area (TPSA) is 15.3 Å². The molecule has 2 heteroatoms. The van der Waals surface area contributed by atoms with Gasteiger partial charge in [0.1, 0.15) is 0 Å². The minimum atomic E-state index is 0.788. The maximum Gasteiger partial charge on any atom is 0.00191 e. The predicted molar refractivity (Wildman–Crippen MR) is 71.7 cm³/mol. The Morgan fingerprint density at radius 1 is 1.19 bits per heavy atom. The van der Waals surface area contributed by atoms with E-state index in [2.05, 4.69) is 37.9 Å². The standard InChI is InChI=1S/C14H30N2/c1-5-15-10-13(4)11-16-8-6-14(7-9-16)12(2)3/h12-15H,5-11H2,1-4H3. The quantitative estimate of drug-likeness (QED) is 0.749. The highest BCUT2D eigenvalue weighted by atomic mass is 15.1. The molecule has 0 radical (unpaired) electrons. The molecule has 1 aliphatic heterocycles. The number of rotatable bonds is 6. The molecule has 0 aromatic rings. The molecule has 0 aliphatic carbocycles. The average Bonchev–Trinajstić information content (AvgIpc) is 2.27. The van der Waals surface area contributed by atoms with E-state index in [0.29, 0.717) is 0 Å². The van der Waals surface area contributed by atoms with Crippen molar-refractivity contribution in [3.63, 3.8) is 0 Å². The summed E-state index contributed by atoms with van der Waals surface area (Å²) in [5.74, 6) is 2.64. The lowest BCUT2D eigenvalue weighted by atomic mass is 9.86. The van der Waals surface area contributed by atoms with Gasteiger partial charge in [-0.1, -0.05) is 27.7 Å². The van der Waals surface area contributed by atoms with Gasteiger partial charge < -0.3 is 10.2 Å². The van der Waals surface area contributed by atoms with Crippen LogP contribution in [0.4, 0.5) is 0 Å². The molecule has 0 spiro atoms. The first kappa shape index (κ1) is 14.0. The molecule has 1 N–H and O–H groups in total. The summed E-state index contributed by atoms with van der Waals surface area (Å²) >= 11 is 0. The van der Waals surface area contributed by atoms with Crippen molar-refractivity contribution in [1.82, 2.24) is 10.2 Å². The lowest BCUT2D eigenvalue weighted by Gasteiger charge is -2.35. The van der Waals surface area contributed by atoms with Gasteiger partial charge in [-0.05, 0) is 56.8 Å². The molecule has 1 unspecified atom stereocenters. The van der Waals surface area contributed by atoms with E-state index in [4.69, 9.17) is 0 Å². The Bertz CT molecular complexity index is 172. The summed E-state index contributed by atoms with van der Waals surface area (Å²) in [4.78, 5) is 2.65. The molecule has 1 heterocycles. The Morgan fingerprint density at radius 3 is 2.31 bits per heavy atom. The molecule has 0 amide bonds. The van der Waals surface area contributed by atoms with E-state index in [1.807, 2.05) is 0 Å². The van der Waals surface area contributed by atoms with Gasteiger partial charge >= 0.3 is 0 Å². The Balaban J connectivity index is 2.16. The summed E-state index contributed by atoms with van der Waals surface area (Å²) in [5.41, 5.74) is 0. The molecule has 96 valence electrons. The fourth-order valence-corrected chi connectivity index (χ4v) is 2.70. The van der Waals surface area contributed by atoms with Crippen LogP contribution in [-0.2, 0) is 0 Å². The number of hydrogen-bond donors (Lipinski definition) is 1. The molecule has 0 aromatic heterocycles. The van der Waals surface area contributed by atoms with E-state index >= 15 is 0 Å². The second kappa shape index (κ2) is 7.29. The second-order valence-corrected chi connectivity index (χ2v) is 5.79. The monoisotopic (exact) mass is 226 g/mol. The van der Waals surface area contributed by atoms with Gasteiger partial charge in [0.05, 0.1) is 0 Å². The molecule has 0 aromatic carbocycles. The first-order valence-electron chi connectivity index (χ1n) is 7.06. The van der Waals surface area contributed by atoms with E-state index in [1.165, 1.54) is 39.0 Å². The van der Waals surface area contributed by atoms with Crippen molar-refractivity contribution in [2.45, 2.75) is 40.5 Å². The molecule has 1 rings (SSSR count). The van der Waals surface area contributed by atoms with Crippen molar-refractivity contribution in [2.24, 2.45) is 17.8 Å². The fourth-order valence-electron chi connectivity index (χ4n) is 2.70. The molecular weight excluding hydrogens is 196 g/mol. The Labute approximate surface area is 102 Å². The summed E-state index contributed by atoms with van der Waals surface area (Å²) < 4.78 is 0. The first-order chi connectivity index (χ1) is 7.63. The maximum atomic E-state index is 3.44. The van der Waals surface area contributed by atoms with Crippen LogP contribution in [0.2, 0.25) is 0 Å². The zero-order chi connectivity index (χ0) is 12.0. The number of likely N-dealkylation sites (tertiary alicyclic amines) is 1. The van der Waals surface area contributed by atoms with E-state index in [9.17, 15) is 0 Å². The highest BCUT2D eigenvalue weighted by molar-refractivity contribution is 4.75. The molecule has 1 aliphatic rings. The SMILES string of the molecule is CCNCC(C)CN1CCC(C(C)C)CC1. The van der Waals surface area contributed by atoms with Crippen molar-refractivity contribution in [2.75, 3.05) is 32.7 Å². The normalized spacial score (nSPS) is 21.6. The number of nitrogens with one attached hydrogen (secondary N) is 1. The molecule has 16 heavy (non-hydrogen) atoms. The molecule has 2 nitrogen and oxygen atoms in total. The van der Waals surface area contributed by atoms with Crippen LogP contribution in [0.3, 0.4) is 0 Å². The number of nitrogens with zero attached hydrogens (tertiary/aromatic N) is 1. The summed E-state index contributed by atoms with van der Waals surface area (Å²) in [6.07, 6.45) is 2.82. The van der Waals surface area contributed by atoms with Gasteiger partial charge in [0.2, 0.25) is 0 Å². The minimum Gasteiger partial charge on any atom is -0.317 e. The van der Waals surface area contributed by atoms with Crippen molar-refractivity contribution in [3.05, 3.63) is 0 Å².